The van der Waals surface area contributed by atoms with E-state index >= 15 is 0 Å². The van der Waals surface area contributed by atoms with Crippen LogP contribution in [0.3, 0.4) is 0 Å². The second-order valence-electron chi connectivity index (χ2n) is 5.99. The summed E-state index contributed by atoms with van der Waals surface area (Å²) >= 11 is 0. The first-order valence-electron chi connectivity index (χ1n) is 7.39. The van der Waals surface area contributed by atoms with Gasteiger partial charge in [-0.3, -0.25) is 9.52 Å². The highest BCUT2D eigenvalue weighted by atomic mass is 32.2. The molecule has 0 saturated heterocycles. The van der Waals surface area contributed by atoms with Crippen molar-refractivity contribution in [1.29, 1.82) is 0 Å². The van der Waals surface area contributed by atoms with Crippen LogP contribution >= 0.6 is 0 Å². The van der Waals surface area contributed by atoms with Crippen molar-refractivity contribution < 1.29 is 13.2 Å². The minimum Gasteiger partial charge on any atom is -0.349 e. The van der Waals surface area contributed by atoms with Crippen molar-refractivity contribution >= 4 is 21.6 Å². The quantitative estimate of drug-likeness (QED) is 0.778. The normalized spacial score (nSPS) is 22.1. The van der Waals surface area contributed by atoms with Gasteiger partial charge in [0.05, 0.1) is 11.9 Å². The highest BCUT2D eigenvalue weighted by molar-refractivity contribution is 7.92. The van der Waals surface area contributed by atoms with Crippen LogP contribution in [0.1, 0.15) is 41.6 Å². The number of aryl methyl sites for hydroxylation is 1. The second-order valence-corrected chi connectivity index (χ2v) is 7.74. The molecule has 0 aromatic heterocycles. The first-order chi connectivity index (χ1) is 10.2. The molecule has 1 aliphatic carbocycles. The van der Waals surface area contributed by atoms with Crippen molar-refractivity contribution in [3.05, 3.63) is 29.3 Å². The summed E-state index contributed by atoms with van der Waals surface area (Å²) in [5, 5.41) is 2.99. The van der Waals surface area contributed by atoms with Crippen LogP contribution in [0.15, 0.2) is 18.2 Å². The molecular weight excluding hydrogens is 302 g/mol. The fourth-order valence-electron chi connectivity index (χ4n) is 2.61. The van der Waals surface area contributed by atoms with E-state index in [-0.39, 0.29) is 18.0 Å². The molecule has 1 fully saturated rings. The maximum absolute atomic E-state index is 12.3. The summed E-state index contributed by atoms with van der Waals surface area (Å²) in [7, 11) is -3.37. The number of sulfonamides is 1. The van der Waals surface area contributed by atoms with Crippen molar-refractivity contribution in [3.8, 4) is 0 Å². The Bertz CT molecular complexity index is 650. The largest absolute Gasteiger partial charge is 0.349 e. The Balaban J connectivity index is 2.08. The van der Waals surface area contributed by atoms with E-state index < -0.39 is 10.0 Å². The highest BCUT2D eigenvalue weighted by Gasteiger charge is 2.21. The van der Waals surface area contributed by atoms with Gasteiger partial charge in [0.25, 0.3) is 5.91 Å². The van der Waals surface area contributed by atoms with Crippen LogP contribution in [0.5, 0.6) is 0 Å². The third kappa shape index (κ3) is 4.71. The van der Waals surface area contributed by atoms with Crippen molar-refractivity contribution in [3.63, 3.8) is 0 Å². The fourth-order valence-corrected chi connectivity index (χ4v) is 3.22. The Hall–Kier alpha value is -1.60. The van der Waals surface area contributed by atoms with Crippen molar-refractivity contribution in [2.24, 2.45) is 5.73 Å². The molecule has 0 atom stereocenters. The molecule has 6 nitrogen and oxygen atoms in total. The van der Waals surface area contributed by atoms with Crippen LogP contribution in [0.2, 0.25) is 0 Å². The minimum absolute atomic E-state index is 0.139. The van der Waals surface area contributed by atoms with Gasteiger partial charge in [0.2, 0.25) is 10.0 Å². The first kappa shape index (κ1) is 16.8. The maximum Gasteiger partial charge on any atom is 0.251 e. The summed E-state index contributed by atoms with van der Waals surface area (Å²) < 4.78 is 25.1. The van der Waals surface area contributed by atoms with Gasteiger partial charge in [-0.25, -0.2) is 8.42 Å². The average molecular weight is 325 g/mol. The molecular formula is C15H23N3O3S. The number of nitrogens with one attached hydrogen (secondary N) is 2. The molecule has 1 saturated carbocycles. The molecule has 0 radical (unpaired) electrons. The maximum atomic E-state index is 12.3. The van der Waals surface area contributed by atoms with Gasteiger partial charge >= 0.3 is 0 Å². The Labute approximate surface area is 131 Å². The Kier molecular flexibility index (Phi) is 5.08. The zero-order chi connectivity index (χ0) is 16.3. The summed E-state index contributed by atoms with van der Waals surface area (Å²) in [5.74, 6) is -0.183. The second kappa shape index (κ2) is 6.66. The van der Waals surface area contributed by atoms with Crippen molar-refractivity contribution in [2.45, 2.75) is 44.7 Å². The van der Waals surface area contributed by atoms with Gasteiger partial charge in [0.15, 0.2) is 0 Å². The average Bonchev–Trinajstić information content (AvgIpc) is 2.42. The zero-order valence-corrected chi connectivity index (χ0v) is 13.7. The van der Waals surface area contributed by atoms with E-state index in [0.717, 1.165) is 37.5 Å². The van der Waals surface area contributed by atoms with Crippen LogP contribution in [-0.2, 0) is 10.0 Å². The van der Waals surface area contributed by atoms with Gasteiger partial charge in [-0.1, -0.05) is 6.07 Å². The number of rotatable bonds is 4. The molecule has 0 bridgehead atoms. The summed E-state index contributed by atoms with van der Waals surface area (Å²) in [6, 6.07) is 5.38. The van der Waals surface area contributed by atoms with Gasteiger partial charge < -0.3 is 11.1 Å². The smallest absolute Gasteiger partial charge is 0.251 e. The van der Waals surface area contributed by atoms with E-state index in [0.29, 0.717) is 11.3 Å². The van der Waals surface area contributed by atoms with Gasteiger partial charge in [0.1, 0.15) is 0 Å². The Morgan fingerprint density at radius 1 is 1.23 bits per heavy atom. The monoisotopic (exact) mass is 325 g/mol. The number of carbonyl (C=O) groups is 1. The van der Waals surface area contributed by atoms with Gasteiger partial charge in [-0.05, 0) is 50.3 Å². The van der Waals surface area contributed by atoms with Crippen LogP contribution in [0, 0.1) is 6.92 Å². The van der Waals surface area contributed by atoms with Gasteiger partial charge in [-0.2, -0.15) is 0 Å². The number of amides is 1. The van der Waals surface area contributed by atoms with E-state index in [9.17, 15) is 13.2 Å². The molecule has 122 valence electrons. The molecule has 0 heterocycles. The fraction of sp³-hybridized carbons (Fsp3) is 0.533. The minimum atomic E-state index is -3.37. The van der Waals surface area contributed by atoms with Crippen LogP contribution in [-0.4, -0.2) is 32.7 Å². The van der Waals surface area contributed by atoms with E-state index in [2.05, 4.69) is 10.0 Å². The van der Waals surface area contributed by atoms with Crippen LogP contribution in [0.4, 0.5) is 5.69 Å². The number of anilines is 1. The lowest BCUT2D eigenvalue weighted by atomic mass is 9.91. The lowest BCUT2D eigenvalue weighted by Crippen LogP contribution is -2.40. The lowest BCUT2D eigenvalue weighted by molar-refractivity contribution is 0.0926. The molecule has 1 amide bonds. The molecule has 1 aliphatic rings. The SMILES string of the molecule is Cc1ccc(C(=O)NC2CCC(N)CC2)cc1NS(C)(=O)=O. The molecule has 4 N–H and O–H groups in total. The third-order valence-corrected chi connectivity index (χ3v) is 4.49. The van der Waals surface area contributed by atoms with E-state index in [4.69, 9.17) is 5.73 Å². The molecule has 1 aromatic carbocycles. The summed E-state index contributed by atoms with van der Waals surface area (Å²) in [6.45, 7) is 1.79. The number of hydrogen-bond donors (Lipinski definition) is 3. The van der Waals surface area contributed by atoms with Crippen LogP contribution < -0.4 is 15.8 Å². The van der Waals surface area contributed by atoms with Gasteiger partial charge in [-0.15, -0.1) is 0 Å². The summed E-state index contributed by atoms with van der Waals surface area (Å²) in [4.78, 5) is 12.3. The predicted molar refractivity (Wildman–Crippen MR) is 87.3 cm³/mol. The van der Waals surface area contributed by atoms with Crippen molar-refractivity contribution in [2.75, 3.05) is 11.0 Å². The molecule has 7 heteroatoms. The molecule has 22 heavy (non-hydrogen) atoms. The third-order valence-electron chi connectivity index (χ3n) is 3.90. The van der Waals surface area contributed by atoms with E-state index in [1.54, 1.807) is 25.1 Å². The van der Waals surface area contributed by atoms with Gasteiger partial charge in [0, 0.05) is 17.6 Å². The number of nitrogens with two attached hydrogens (primary N) is 1. The van der Waals surface area contributed by atoms with Crippen molar-refractivity contribution in [1.82, 2.24) is 5.32 Å². The highest BCUT2D eigenvalue weighted by Crippen LogP contribution is 2.20. The molecule has 0 spiro atoms. The standard InChI is InChI=1S/C15H23N3O3S/c1-10-3-4-11(9-14(10)18-22(2,20)21)15(19)17-13-7-5-12(16)6-8-13/h3-4,9,12-13,18H,5-8,16H2,1-2H3,(H,17,19). The molecule has 0 aliphatic heterocycles. The predicted octanol–water partition coefficient (Wildman–Crippen LogP) is 1.37. The summed E-state index contributed by atoms with van der Waals surface area (Å²) in [5.41, 5.74) is 7.51. The Morgan fingerprint density at radius 3 is 2.45 bits per heavy atom. The summed E-state index contributed by atoms with van der Waals surface area (Å²) in [6.07, 6.45) is 4.68. The van der Waals surface area contributed by atoms with Crippen LogP contribution in [0.25, 0.3) is 0 Å². The number of carbonyl (C=O) groups excluding carboxylic acids is 1. The molecule has 1 aromatic rings. The first-order valence-corrected chi connectivity index (χ1v) is 9.28. The molecule has 0 unspecified atom stereocenters. The topological polar surface area (TPSA) is 101 Å². The number of hydrogen-bond acceptors (Lipinski definition) is 4. The zero-order valence-electron chi connectivity index (χ0n) is 12.9. The van der Waals surface area contributed by atoms with E-state index in [1.165, 1.54) is 0 Å². The lowest BCUT2D eigenvalue weighted by Gasteiger charge is -2.26. The number of benzene rings is 1. The molecule has 2 rings (SSSR count). The van der Waals surface area contributed by atoms with E-state index in [1.807, 2.05) is 0 Å². The Morgan fingerprint density at radius 2 is 1.86 bits per heavy atom.